The number of rotatable bonds is 6. The minimum Gasteiger partial charge on any atom is -0.354 e. The van der Waals surface area contributed by atoms with Crippen molar-refractivity contribution in [2.75, 3.05) is 18.2 Å². The van der Waals surface area contributed by atoms with Gasteiger partial charge in [-0.25, -0.2) is 8.42 Å². The first-order valence-corrected chi connectivity index (χ1v) is 11.0. The quantitative estimate of drug-likeness (QED) is 0.558. The van der Waals surface area contributed by atoms with Crippen LogP contribution in [0.4, 0.5) is 5.69 Å². The van der Waals surface area contributed by atoms with Crippen molar-refractivity contribution in [2.45, 2.75) is 30.7 Å². The number of nitro benzene ring substituents is 1. The molecular weight excluding hydrogens is 402 g/mol. The van der Waals surface area contributed by atoms with Gasteiger partial charge in [-0.15, -0.1) is 11.8 Å². The lowest BCUT2D eigenvalue weighted by Gasteiger charge is -2.22. The molecule has 1 unspecified atom stereocenters. The topological polar surface area (TPSA) is 110 Å². The SMILES string of the molecule is Cc1c(Cl)cc(S(=O)(=O)N2CSCC2C(=O)NCC2CC2)cc1[N+](=O)[O-]. The van der Waals surface area contributed by atoms with Crippen molar-refractivity contribution < 1.29 is 18.1 Å². The van der Waals surface area contributed by atoms with Crippen LogP contribution < -0.4 is 5.32 Å². The average molecular weight is 420 g/mol. The van der Waals surface area contributed by atoms with E-state index in [-0.39, 0.29) is 33.0 Å². The third-order valence-electron chi connectivity index (χ3n) is 4.50. The number of sulfonamides is 1. The van der Waals surface area contributed by atoms with E-state index < -0.39 is 21.0 Å². The fourth-order valence-corrected chi connectivity index (χ4v) is 6.15. The van der Waals surface area contributed by atoms with Gasteiger partial charge in [0.25, 0.3) is 5.69 Å². The molecule has 1 heterocycles. The molecular formula is C15H18ClN3O5S2. The lowest BCUT2D eigenvalue weighted by Crippen LogP contribution is -2.47. The minimum absolute atomic E-state index is 0.000593. The monoisotopic (exact) mass is 419 g/mol. The van der Waals surface area contributed by atoms with Crippen molar-refractivity contribution in [2.24, 2.45) is 5.92 Å². The van der Waals surface area contributed by atoms with Crippen LogP contribution in [0, 0.1) is 23.0 Å². The molecule has 1 N–H and O–H groups in total. The number of nitro groups is 1. The van der Waals surface area contributed by atoms with E-state index in [1.54, 1.807) is 0 Å². The van der Waals surface area contributed by atoms with Crippen molar-refractivity contribution in [3.05, 3.63) is 32.8 Å². The zero-order valence-corrected chi connectivity index (χ0v) is 16.4. The van der Waals surface area contributed by atoms with Gasteiger partial charge in [-0.2, -0.15) is 4.31 Å². The maximum absolute atomic E-state index is 13.0. The number of hydrogen-bond acceptors (Lipinski definition) is 6. The van der Waals surface area contributed by atoms with Gasteiger partial charge in [-0.05, 0) is 31.7 Å². The average Bonchev–Trinajstić information content (AvgIpc) is 3.27. The second-order valence-corrected chi connectivity index (χ2v) is 9.70. The molecule has 0 bridgehead atoms. The molecule has 1 saturated heterocycles. The highest BCUT2D eigenvalue weighted by Crippen LogP contribution is 2.34. The third-order valence-corrected chi connectivity index (χ3v) is 7.90. The van der Waals surface area contributed by atoms with Crippen LogP contribution >= 0.6 is 23.4 Å². The Kier molecular flexibility index (Phi) is 5.48. The van der Waals surface area contributed by atoms with E-state index >= 15 is 0 Å². The maximum Gasteiger partial charge on any atom is 0.275 e. The largest absolute Gasteiger partial charge is 0.354 e. The van der Waals surface area contributed by atoms with Gasteiger partial charge in [-0.1, -0.05) is 11.6 Å². The van der Waals surface area contributed by atoms with Crippen LogP contribution in [0.1, 0.15) is 18.4 Å². The van der Waals surface area contributed by atoms with Crippen LogP contribution in [0.3, 0.4) is 0 Å². The molecule has 2 aliphatic rings. The lowest BCUT2D eigenvalue weighted by atomic mass is 10.2. The molecule has 11 heteroatoms. The molecule has 0 spiro atoms. The molecule has 2 fully saturated rings. The Morgan fingerprint density at radius 1 is 1.46 bits per heavy atom. The van der Waals surface area contributed by atoms with Gasteiger partial charge >= 0.3 is 0 Å². The summed E-state index contributed by atoms with van der Waals surface area (Å²) in [5, 5.41) is 14.0. The highest BCUT2D eigenvalue weighted by atomic mass is 35.5. The maximum atomic E-state index is 13.0. The normalized spacial score (nSPS) is 20.9. The number of nitrogens with zero attached hydrogens (tertiary/aromatic N) is 2. The zero-order valence-electron chi connectivity index (χ0n) is 14.0. The number of hydrogen-bond donors (Lipinski definition) is 1. The molecule has 0 radical (unpaired) electrons. The van der Waals surface area contributed by atoms with Gasteiger partial charge in [0.2, 0.25) is 15.9 Å². The van der Waals surface area contributed by atoms with Crippen molar-refractivity contribution in [1.82, 2.24) is 9.62 Å². The van der Waals surface area contributed by atoms with Crippen LogP contribution in [0.15, 0.2) is 17.0 Å². The van der Waals surface area contributed by atoms with E-state index in [2.05, 4.69) is 5.32 Å². The van der Waals surface area contributed by atoms with Crippen molar-refractivity contribution in [3.63, 3.8) is 0 Å². The number of amides is 1. The van der Waals surface area contributed by atoms with Crippen LogP contribution in [0.2, 0.25) is 5.02 Å². The van der Waals surface area contributed by atoms with Crippen LogP contribution in [-0.2, 0) is 14.8 Å². The van der Waals surface area contributed by atoms with Crippen LogP contribution in [0.5, 0.6) is 0 Å². The number of thioether (sulfide) groups is 1. The molecule has 1 aromatic rings. The Hall–Kier alpha value is -1.36. The fraction of sp³-hybridized carbons (Fsp3) is 0.533. The predicted octanol–water partition coefficient (Wildman–Crippen LogP) is 2.15. The Labute approximate surface area is 160 Å². The highest BCUT2D eigenvalue weighted by molar-refractivity contribution is 8.00. The second-order valence-electron chi connectivity index (χ2n) is 6.40. The number of halogens is 1. The zero-order chi connectivity index (χ0) is 19.1. The molecule has 3 rings (SSSR count). The van der Waals surface area contributed by atoms with Crippen molar-refractivity contribution >= 4 is 45.0 Å². The van der Waals surface area contributed by atoms with Gasteiger partial charge < -0.3 is 5.32 Å². The van der Waals surface area contributed by atoms with E-state index in [0.717, 1.165) is 23.2 Å². The fourth-order valence-electron chi connectivity index (χ4n) is 2.67. The van der Waals surface area contributed by atoms with Gasteiger partial charge in [0.05, 0.1) is 20.7 Å². The number of carbonyl (C=O) groups is 1. The molecule has 1 atom stereocenters. The Bertz CT molecular complexity index is 857. The summed E-state index contributed by atoms with van der Waals surface area (Å²) in [7, 11) is -4.09. The van der Waals surface area contributed by atoms with E-state index in [0.29, 0.717) is 18.2 Å². The number of benzene rings is 1. The minimum atomic E-state index is -4.09. The standard InChI is InChI=1S/C15H18ClN3O5S2/c1-9-12(16)4-11(5-13(9)19(21)22)26(23,24)18-8-25-7-14(18)15(20)17-6-10-2-3-10/h4-5,10,14H,2-3,6-8H2,1H3,(H,17,20). The summed E-state index contributed by atoms with van der Waals surface area (Å²) in [5.74, 6) is 0.607. The van der Waals surface area contributed by atoms with Gasteiger partial charge in [0.1, 0.15) is 6.04 Å². The van der Waals surface area contributed by atoms with Crippen LogP contribution in [0.25, 0.3) is 0 Å². The summed E-state index contributed by atoms with van der Waals surface area (Å²) in [4.78, 5) is 22.6. The molecule has 1 aliphatic carbocycles. The van der Waals surface area contributed by atoms with Gasteiger partial charge in [0.15, 0.2) is 0 Å². The lowest BCUT2D eigenvalue weighted by molar-refractivity contribution is -0.385. The Balaban J connectivity index is 1.88. The summed E-state index contributed by atoms with van der Waals surface area (Å²) in [6.45, 7) is 2.01. The first kappa shape index (κ1) is 19.4. The summed E-state index contributed by atoms with van der Waals surface area (Å²) in [5.41, 5.74) is -0.164. The summed E-state index contributed by atoms with van der Waals surface area (Å²) in [6, 6.07) is 1.36. The van der Waals surface area contributed by atoms with Crippen LogP contribution in [-0.4, -0.2) is 47.8 Å². The van der Waals surface area contributed by atoms with E-state index in [9.17, 15) is 23.3 Å². The van der Waals surface area contributed by atoms with Crippen molar-refractivity contribution in [3.8, 4) is 0 Å². The summed E-state index contributed by atoms with van der Waals surface area (Å²) < 4.78 is 27.1. The first-order valence-electron chi connectivity index (χ1n) is 8.03. The molecule has 8 nitrogen and oxygen atoms in total. The smallest absolute Gasteiger partial charge is 0.275 e. The molecule has 1 saturated carbocycles. The van der Waals surface area contributed by atoms with E-state index in [1.165, 1.54) is 24.8 Å². The molecule has 0 aromatic heterocycles. The van der Waals surface area contributed by atoms with E-state index in [4.69, 9.17) is 11.6 Å². The summed E-state index contributed by atoms with van der Waals surface area (Å²) >= 11 is 7.32. The number of carbonyl (C=O) groups excluding carboxylic acids is 1. The Morgan fingerprint density at radius 3 is 2.77 bits per heavy atom. The molecule has 1 amide bonds. The van der Waals surface area contributed by atoms with Gasteiger partial charge in [0, 0.05) is 23.9 Å². The molecule has 142 valence electrons. The second kappa shape index (κ2) is 7.34. The first-order chi connectivity index (χ1) is 12.2. The van der Waals surface area contributed by atoms with E-state index in [1.807, 2.05) is 0 Å². The molecule has 1 aliphatic heterocycles. The predicted molar refractivity (Wildman–Crippen MR) is 98.7 cm³/mol. The van der Waals surface area contributed by atoms with Gasteiger partial charge in [-0.3, -0.25) is 14.9 Å². The highest BCUT2D eigenvalue weighted by Gasteiger charge is 2.41. The number of nitrogens with one attached hydrogen (secondary N) is 1. The van der Waals surface area contributed by atoms with Crippen molar-refractivity contribution in [1.29, 1.82) is 0 Å². The Morgan fingerprint density at radius 2 is 2.15 bits per heavy atom. The third kappa shape index (κ3) is 3.83. The molecule has 1 aromatic carbocycles. The molecule has 26 heavy (non-hydrogen) atoms. The summed E-state index contributed by atoms with van der Waals surface area (Å²) in [6.07, 6.45) is 2.15.